The Hall–Kier alpha value is -4.74. The van der Waals surface area contributed by atoms with Crippen LogP contribution >= 0.6 is 11.3 Å². The van der Waals surface area contributed by atoms with Crippen molar-refractivity contribution in [3.05, 3.63) is 76.6 Å². The van der Waals surface area contributed by atoms with Crippen molar-refractivity contribution in [2.24, 2.45) is 0 Å². The predicted molar refractivity (Wildman–Crippen MR) is 167 cm³/mol. The third kappa shape index (κ3) is 6.69. The molecular formula is C31H30F3N9OS. The van der Waals surface area contributed by atoms with E-state index < -0.39 is 18.5 Å². The number of halogens is 3. The molecule has 0 spiro atoms. The molecule has 0 atom stereocenters. The van der Waals surface area contributed by atoms with Crippen LogP contribution in [0.4, 0.5) is 24.9 Å². The smallest absolute Gasteiger partial charge is 0.367 e. The molecule has 1 aliphatic heterocycles. The molecule has 3 N–H and O–H groups in total. The van der Waals surface area contributed by atoms with Crippen LogP contribution in [0.5, 0.6) is 0 Å². The van der Waals surface area contributed by atoms with Gasteiger partial charge in [-0.25, -0.2) is 4.98 Å². The molecule has 10 nitrogen and oxygen atoms in total. The van der Waals surface area contributed by atoms with Crippen LogP contribution in [0.3, 0.4) is 0 Å². The van der Waals surface area contributed by atoms with Gasteiger partial charge in [0.2, 0.25) is 11.9 Å². The number of alkyl halides is 3. The third-order valence-electron chi connectivity index (χ3n) is 8.04. The minimum Gasteiger partial charge on any atom is -0.367 e. The molecule has 45 heavy (non-hydrogen) atoms. The fraction of sp³-hybridized carbons (Fsp3) is 0.323. The molecule has 0 aliphatic carbocycles. The number of anilines is 2. The zero-order valence-electron chi connectivity index (χ0n) is 24.4. The molecule has 232 valence electrons. The van der Waals surface area contributed by atoms with Crippen LogP contribution in [-0.4, -0.2) is 60.8 Å². The van der Waals surface area contributed by atoms with E-state index in [4.69, 9.17) is 0 Å². The number of thiophene rings is 1. The van der Waals surface area contributed by atoms with Crippen LogP contribution in [0.15, 0.2) is 49.3 Å². The number of amides is 1. The molecular weight excluding hydrogens is 603 g/mol. The summed E-state index contributed by atoms with van der Waals surface area (Å²) in [6.07, 6.45) is 0.841. The lowest BCUT2D eigenvalue weighted by molar-refractivity contribution is -0.126. The average molecular weight is 634 g/mol. The van der Waals surface area contributed by atoms with E-state index in [2.05, 4.69) is 67.4 Å². The third-order valence-corrected chi connectivity index (χ3v) is 9.07. The normalized spacial score (nSPS) is 14.6. The highest BCUT2D eigenvalue weighted by molar-refractivity contribution is 7.18. The maximum Gasteiger partial charge on any atom is 0.393 e. The molecule has 14 heteroatoms. The van der Waals surface area contributed by atoms with Crippen LogP contribution in [0.25, 0.3) is 21.1 Å². The highest BCUT2D eigenvalue weighted by Crippen LogP contribution is 2.35. The van der Waals surface area contributed by atoms with Crippen LogP contribution in [0.1, 0.15) is 40.1 Å². The number of piperidine rings is 1. The van der Waals surface area contributed by atoms with E-state index >= 15 is 0 Å². The molecule has 4 aromatic heterocycles. The lowest BCUT2D eigenvalue weighted by atomic mass is 10.0. The molecule has 1 amide bonds. The van der Waals surface area contributed by atoms with Gasteiger partial charge in [-0.15, -0.1) is 11.3 Å². The van der Waals surface area contributed by atoms with Crippen molar-refractivity contribution < 1.29 is 18.0 Å². The van der Waals surface area contributed by atoms with Crippen molar-refractivity contribution in [1.29, 1.82) is 5.26 Å². The number of nitrogens with zero attached hydrogens (tertiary/aromatic N) is 6. The van der Waals surface area contributed by atoms with E-state index in [1.807, 2.05) is 16.8 Å². The molecule has 0 unspecified atom stereocenters. The summed E-state index contributed by atoms with van der Waals surface area (Å²) in [5.74, 6) is -0.0960. The van der Waals surface area contributed by atoms with Gasteiger partial charge in [-0.2, -0.15) is 28.5 Å². The van der Waals surface area contributed by atoms with Gasteiger partial charge in [-0.05, 0) is 55.2 Å². The Kier molecular flexibility index (Phi) is 8.30. The monoisotopic (exact) mass is 633 g/mol. The number of hydrogen-bond acceptors (Lipinski definition) is 8. The first kappa shape index (κ1) is 30.3. The minimum absolute atomic E-state index is 0.0109. The minimum atomic E-state index is -4.35. The van der Waals surface area contributed by atoms with Gasteiger partial charge in [-0.1, -0.05) is 12.6 Å². The van der Waals surface area contributed by atoms with E-state index in [9.17, 15) is 23.2 Å². The van der Waals surface area contributed by atoms with Crippen molar-refractivity contribution in [3.63, 3.8) is 0 Å². The Bertz CT molecular complexity index is 1910. The van der Waals surface area contributed by atoms with E-state index in [-0.39, 0.29) is 16.9 Å². The number of benzene rings is 1. The number of H-pyrrole nitrogens is 1. The van der Waals surface area contributed by atoms with E-state index in [0.29, 0.717) is 28.3 Å². The number of likely N-dealkylation sites (tertiary alicyclic amines) is 1. The number of aromatic amines is 1. The summed E-state index contributed by atoms with van der Waals surface area (Å²) in [6, 6.07) is 9.98. The number of aryl methyl sites for hydroxylation is 1. The molecule has 1 aliphatic rings. The summed E-state index contributed by atoms with van der Waals surface area (Å²) in [5.41, 5.74) is 4.92. The lowest BCUT2D eigenvalue weighted by Gasteiger charge is -2.33. The summed E-state index contributed by atoms with van der Waals surface area (Å²) < 4.78 is 41.3. The highest BCUT2D eigenvalue weighted by atomic mass is 32.1. The summed E-state index contributed by atoms with van der Waals surface area (Å²) in [7, 11) is 0. The molecule has 1 fully saturated rings. The molecule has 0 bridgehead atoms. The largest absolute Gasteiger partial charge is 0.393 e. The second-order valence-corrected chi connectivity index (χ2v) is 12.2. The number of nitrogens with one attached hydrogen (secondary N) is 3. The Morgan fingerprint density at radius 2 is 2.02 bits per heavy atom. The summed E-state index contributed by atoms with van der Waals surface area (Å²) >= 11 is 0.937. The van der Waals surface area contributed by atoms with Gasteiger partial charge in [0, 0.05) is 53.2 Å². The van der Waals surface area contributed by atoms with Gasteiger partial charge >= 0.3 is 6.18 Å². The first-order valence-corrected chi connectivity index (χ1v) is 15.2. The number of aromatic nitrogens is 5. The Morgan fingerprint density at radius 1 is 1.22 bits per heavy atom. The topological polar surface area (TPSA) is 128 Å². The molecule has 1 saturated heterocycles. The molecule has 5 heterocycles. The summed E-state index contributed by atoms with van der Waals surface area (Å²) in [5, 5.41) is 24.1. The number of nitriles is 1. The zero-order chi connectivity index (χ0) is 31.7. The SMILES string of the molecule is C=CC(=O)Nc1nc(NC2CCN(Cc3ccc4c(cc(C#N)n4Cc4cn[nH]c4)c3C)CC2)c2cc(CC(F)(F)F)sc2n1. The van der Waals surface area contributed by atoms with Gasteiger partial charge in [0.1, 0.15) is 22.4 Å². The van der Waals surface area contributed by atoms with Gasteiger partial charge < -0.3 is 9.88 Å². The zero-order valence-corrected chi connectivity index (χ0v) is 25.2. The quantitative estimate of drug-likeness (QED) is 0.172. The van der Waals surface area contributed by atoms with Gasteiger partial charge in [0.25, 0.3) is 0 Å². The van der Waals surface area contributed by atoms with E-state index in [1.165, 1.54) is 11.6 Å². The van der Waals surface area contributed by atoms with Crippen LogP contribution in [-0.2, 0) is 24.3 Å². The fourth-order valence-electron chi connectivity index (χ4n) is 5.76. The fourth-order valence-corrected chi connectivity index (χ4v) is 6.81. The molecule has 0 radical (unpaired) electrons. The summed E-state index contributed by atoms with van der Waals surface area (Å²) in [4.78, 5) is 23.5. The Balaban J connectivity index is 1.16. The average Bonchev–Trinajstić information content (AvgIpc) is 3.74. The highest BCUT2D eigenvalue weighted by Gasteiger charge is 2.30. The number of carbonyl (C=O) groups is 1. The first-order valence-electron chi connectivity index (χ1n) is 14.4. The van der Waals surface area contributed by atoms with Crippen molar-refractivity contribution in [2.75, 3.05) is 23.7 Å². The van der Waals surface area contributed by atoms with Crippen LogP contribution < -0.4 is 10.6 Å². The number of carbonyl (C=O) groups excluding carboxylic acids is 1. The molecule has 6 rings (SSSR count). The molecule has 0 saturated carbocycles. The molecule has 1 aromatic carbocycles. The molecule has 5 aromatic rings. The standard InChI is InChI=1S/C31H30F3N9OS/c1-3-27(44)39-30-40-28(25-11-23(12-31(32,33)34)45-29(25)41-30)38-21-6-8-42(9-7-21)17-20-4-5-26-24(18(20)2)10-22(13-35)43(26)16-19-14-36-37-15-19/h3-5,10-11,14-15,21H,1,6-9,12,16-17H2,2H3,(H,36,37)(H2,38,39,40,41,44). The summed E-state index contributed by atoms with van der Waals surface area (Å²) in [6.45, 7) is 8.43. The maximum atomic E-state index is 13.1. The maximum absolute atomic E-state index is 13.1. The van der Waals surface area contributed by atoms with Crippen LogP contribution in [0.2, 0.25) is 0 Å². The Labute approximate surface area is 260 Å². The van der Waals surface area contributed by atoms with Gasteiger partial charge in [-0.3, -0.25) is 20.1 Å². The first-order chi connectivity index (χ1) is 21.6. The van der Waals surface area contributed by atoms with Crippen molar-refractivity contribution >= 4 is 50.1 Å². The van der Waals surface area contributed by atoms with E-state index in [0.717, 1.165) is 71.9 Å². The predicted octanol–water partition coefficient (Wildman–Crippen LogP) is 5.90. The lowest BCUT2D eigenvalue weighted by Crippen LogP contribution is -2.39. The van der Waals surface area contributed by atoms with Gasteiger partial charge in [0.05, 0.1) is 24.5 Å². The van der Waals surface area contributed by atoms with Crippen molar-refractivity contribution in [2.45, 2.75) is 51.5 Å². The Morgan fingerprint density at radius 3 is 2.71 bits per heavy atom. The number of fused-ring (bicyclic) bond motifs is 2. The van der Waals surface area contributed by atoms with Crippen LogP contribution in [0, 0.1) is 18.3 Å². The number of rotatable bonds is 9. The second-order valence-electron chi connectivity index (χ2n) is 11.1. The van der Waals surface area contributed by atoms with E-state index in [1.54, 1.807) is 6.20 Å². The van der Waals surface area contributed by atoms with Crippen molar-refractivity contribution in [3.8, 4) is 6.07 Å². The van der Waals surface area contributed by atoms with Gasteiger partial charge in [0.15, 0.2) is 0 Å². The van der Waals surface area contributed by atoms with Crippen molar-refractivity contribution in [1.82, 2.24) is 29.6 Å². The second kappa shape index (κ2) is 12.3. The number of hydrogen-bond donors (Lipinski definition) is 3.